The van der Waals surface area contributed by atoms with Gasteiger partial charge in [-0.1, -0.05) is 0 Å². The number of halogens is 2. The van der Waals surface area contributed by atoms with E-state index >= 15 is 0 Å². The summed E-state index contributed by atoms with van der Waals surface area (Å²) in [7, 11) is 3.09. The number of nitrogens with one attached hydrogen (secondary N) is 1. The third-order valence-corrected chi connectivity index (χ3v) is 3.97. The van der Waals surface area contributed by atoms with Crippen LogP contribution in [-0.2, 0) is 11.2 Å². The number of ether oxygens (including phenoxy) is 1. The van der Waals surface area contributed by atoms with Crippen LogP contribution < -0.4 is 10.1 Å². The van der Waals surface area contributed by atoms with Crippen molar-refractivity contribution in [2.75, 3.05) is 14.2 Å². The Morgan fingerprint density at radius 3 is 2.19 bits per heavy atom. The first-order valence-corrected chi connectivity index (χ1v) is 8.18. The Kier molecular flexibility index (Phi) is 5.40. The molecule has 138 valence electrons. The topological polar surface area (TPSA) is 64.1 Å². The molecule has 1 amide bonds. The first kappa shape index (κ1) is 18.4. The van der Waals surface area contributed by atoms with Crippen LogP contribution in [0.4, 0.5) is 8.78 Å². The second kappa shape index (κ2) is 7.90. The van der Waals surface area contributed by atoms with E-state index in [1.54, 1.807) is 25.3 Å². The van der Waals surface area contributed by atoms with Gasteiger partial charge in [-0.15, -0.1) is 0 Å². The summed E-state index contributed by atoms with van der Waals surface area (Å²) in [5, 5.41) is 2.52. The van der Waals surface area contributed by atoms with Crippen molar-refractivity contribution in [1.82, 2.24) is 15.3 Å². The van der Waals surface area contributed by atoms with Crippen molar-refractivity contribution < 1.29 is 18.3 Å². The maximum atomic E-state index is 13.6. The maximum Gasteiger partial charge on any atom is 0.227 e. The van der Waals surface area contributed by atoms with Crippen LogP contribution in [0, 0.1) is 11.6 Å². The minimum Gasteiger partial charge on any atom is -0.497 e. The van der Waals surface area contributed by atoms with Gasteiger partial charge in [0.05, 0.1) is 24.9 Å². The van der Waals surface area contributed by atoms with Crippen LogP contribution in [0.5, 0.6) is 5.75 Å². The number of amides is 1. The average molecular weight is 369 g/mol. The fourth-order valence-corrected chi connectivity index (χ4v) is 2.52. The van der Waals surface area contributed by atoms with Gasteiger partial charge in [0, 0.05) is 18.2 Å². The number of rotatable bonds is 5. The third-order valence-electron chi connectivity index (χ3n) is 3.97. The van der Waals surface area contributed by atoms with Crippen LogP contribution in [-0.4, -0.2) is 30.0 Å². The van der Waals surface area contributed by atoms with Gasteiger partial charge < -0.3 is 10.1 Å². The number of hydrogen-bond acceptors (Lipinski definition) is 4. The predicted octanol–water partition coefficient (Wildman–Crippen LogP) is 3.39. The zero-order valence-corrected chi connectivity index (χ0v) is 14.8. The summed E-state index contributed by atoms with van der Waals surface area (Å²) >= 11 is 0. The largest absolute Gasteiger partial charge is 0.497 e. The van der Waals surface area contributed by atoms with E-state index in [-0.39, 0.29) is 18.2 Å². The molecule has 1 heterocycles. The lowest BCUT2D eigenvalue weighted by Gasteiger charge is -2.09. The lowest BCUT2D eigenvalue weighted by molar-refractivity contribution is -0.120. The highest BCUT2D eigenvalue weighted by Gasteiger charge is 2.13. The summed E-state index contributed by atoms with van der Waals surface area (Å²) < 4.78 is 32.0. The maximum absolute atomic E-state index is 13.6. The van der Waals surface area contributed by atoms with Crippen LogP contribution in [0.1, 0.15) is 5.82 Å². The van der Waals surface area contributed by atoms with Gasteiger partial charge in [-0.25, -0.2) is 18.7 Å². The number of aromatic nitrogens is 2. The highest BCUT2D eigenvalue weighted by molar-refractivity contribution is 5.78. The van der Waals surface area contributed by atoms with E-state index in [1.165, 1.54) is 13.1 Å². The summed E-state index contributed by atoms with van der Waals surface area (Å²) in [5.74, 6) is -1.18. The quantitative estimate of drug-likeness (QED) is 0.749. The van der Waals surface area contributed by atoms with Gasteiger partial charge in [0.25, 0.3) is 0 Å². The van der Waals surface area contributed by atoms with E-state index in [0.29, 0.717) is 22.7 Å². The molecule has 7 heteroatoms. The molecule has 1 aromatic heterocycles. The van der Waals surface area contributed by atoms with Gasteiger partial charge in [-0.05, 0) is 48.5 Å². The number of carbonyl (C=O) groups excluding carboxylic acids is 1. The molecule has 0 saturated carbocycles. The van der Waals surface area contributed by atoms with Gasteiger partial charge in [0.2, 0.25) is 5.91 Å². The number of nitrogens with zero attached hydrogens (tertiary/aromatic N) is 2. The standard InChI is InChI=1S/C20H17F2N3O2/c1-23-20(26)11-19-24-17(12-3-6-14(27-2)7-4-12)10-18(25-19)13-5-8-15(21)16(22)9-13/h3-10H,11H2,1-2H3,(H,23,26). The lowest BCUT2D eigenvalue weighted by atomic mass is 10.1. The van der Waals surface area contributed by atoms with Crippen LogP contribution in [0.3, 0.4) is 0 Å². The SMILES string of the molecule is CNC(=O)Cc1nc(-c2ccc(OC)cc2)cc(-c2ccc(F)c(F)c2)n1. The molecular formula is C20H17F2N3O2. The second-order valence-electron chi connectivity index (χ2n) is 5.76. The summed E-state index contributed by atoms with van der Waals surface area (Å²) in [6, 6.07) is 12.4. The average Bonchev–Trinajstić information content (AvgIpc) is 2.69. The number of methoxy groups -OCH3 is 1. The van der Waals surface area contributed by atoms with Gasteiger partial charge in [0.15, 0.2) is 11.6 Å². The van der Waals surface area contributed by atoms with Crippen molar-refractivity contribution >= 4 is 5.91 Å². The van der Waals surface area contributed by atoms with Crippen LogP contribution in [0.25, 0.3) is 22.5 Å². The molecule has 0 saturated heterocycles. The molecule has 0 unspecified atom stereocenters. The Hall–Kier alpha value is -3.35. The molecule has 0 aliphatic carbocycles. The molecule has 0 radical (unpaired) electrons. The Morgan fingerprint density at radius 1 is 0.963 bits per heavy atom. The highest BCUT2D eigenvalue weighted by Crippen LogP contribution is 2.26. The molecule has 0 fully saturated rings. The fourth-order valence-electron chi connectivity index (χ4n) is 2.52. The molecule has 1 N–H and O–H groups in total. The molecule has 0 bridgehead atoms. The van der Waals surface area contributed by atoms with Crippen molar-refractivity contribution in [1.29, 1.82) is 0 Å². The van der Waals surface area contributed by atoms with E-state index in [2.05, 4.69) is 15.3 Å². The van der Waals surface area contributed by atoms with Gasteiger partial charge in [-0.2, -0.15) is 0 Å². The molecule has 5 nitrogen and oxygen atoms in total. The van der Waals surface area contributed by atoms with Crippen LogP contribution >= 0.6 is 0 Å². The number of hydrogen-bond donors (Lipinski definition) is 1. The number of benzene rings is 2. The van der Waals surface area contributed by atoms with Crippen LogP contribution in [0.2, 0.25) is 0 Å². The molecule has 3 rings (SSSR count). The van der Waals surface area contributed by atoms with Crippen LogP contribution in [0.15, 0.2) is 48.5 Å². The molecule has 0 aliphatic heterocycles. The first-order valence-electron chi connectivity index (χ1n) is 8.18. The second-order valence-corrected chi connectivity index (χ2v) is 5.76. The van der Waals surface area contributed by atoms with Crippen molar-refractivity contribution in [2.24, 2.45) is 0 Å². The molecular weight excluding hydrogens is 352 g/mol. The third kappa shape index (κ3) is 4.25. The summed E-state index contributed by atoms with van der Waals surface area (Å²) in [5.41, 5.74) is 2.13. The Balaban J connectivity index is 2.09. The van der Waals surface area contributed by atoms with E-state index < -0.39 is 11.6 Å². The van der Waals surface area contributed by atoms with E-state index in [1.807, 2.05) is 12.1 Å². The minimum atomic E-state index is -0.968. The first-order chi connectivity index (χ1) is 13.0. The number of likely N-dealkylation sites (N-methyl/N-ethyl adjacent to an activating group) is 1. The molecule has 3 aromatic rings. The fraction of sp³-hybridized carbons (Fsp3) is 0.150. The molecule has 27 heavy (non-hydrogen) atoms. The molecule has 2 aromatic carbocycles. The minimum absolute atomic E-state index is 0.0306. The monoisotopic (exact) mass is 369 g/mol. The molecule has 0 atom stereocenters. The number of carbonyl (C=O) groups is 1. The zero-order valence-electron chi connectivity index (χ0n) is 14.8. The van der Waals surface area contributed by atoms with Crippen molar-refractivity contribution in [3.05, 3.63) is 66.0 Å². The van der Waals surface area contributed by atoms with Crippen molar-refractivity contribution in [3.8, 4) is 28.3 Å². The molecule has 0 spiro atoms. The van der Waals surface area contributed by atoms with Gasteiger partial charge >= 0.3 is 0 Å². The normalized spacial score (nSPS) is 10.5. The smallest absolute Gasteiger partial charge is 0.227 e. The van der Waals surface area contributed by atoms with Gasteiger partial charge in [-0.3, -0.25) is 4.79 Å². The lowest BCUT2D eigenvalue weighted by Crippen LogP contribution is -2.21. The van der Waals surface area contributed by atoms with Crippen molar-refractivity contribution in [2.45, 2.75) is 6.42 Å². The highest BCUT2D eigenvalue weighted by atomic mass is 19.2. The van der Waals surface area contributed by atoms with E-state index in [0.717, 1.165) is 17.7 Å². The summed E-state index contributed by atoms with van der Waals surface area (Å²) in [6.45, 7) is 0. The van der Waals surface area contributed by atoms with E-state index in [9.17, 15) is 13.6 Å². The van der Waals surface area contributed by atoms with Gasteiger partial charge in [0.1, 0.15) is 11.6 Å². The Bertz CT molecular complexity index is 975. The predicted molar refractivity (Wildman–Crippen MR) is 97.1 cm³/mol. The Labute approximate surface area is 155 Å². The van der Waals surface area contributed by atoms with Crippen molar-refractivity contribution in [3.63, 3.8) is 0 Å². The molecule has 0 aliphatic rings. The summed E-state index contributed by atoms with van der Waals surface area (Å²) in [6.07, 6.45) is -0.0306. The Morgan fingerprint density at radius 2 is 1.59 bits per heavy atom. The van der Waals surface area contributed by atoms with E-state index in [4.69, 9.17) is 4.74 Å². The zero-order chi connectivity index (χ0) is 19.4. The summed E-state index contributed by atoms with van der Waals surface area (Å²) in [4.78, 5) is 20.5.